The van der Waals surface area contributed by atoms with Gasteiger partial charge in [-0.25, -0.2) is 0 Å². The summed E-state index contributed by atoms with van der Waals surface area (Å²) in [6, 6.07) is 7.89. The largest absolute Gasteiger partial charge is 0.326 e. The molecule has 0 radical (unpaired) electrons. The lowest BCUT2D eigenvalue weighted by Crippen LogP contribution is -2.20. The van der Waals surface area contributed by atoms with Gasteiger partial charge in [-0.1, -0.05) is 12.1 Å². The third-order valence-corrected chi connectivity index (χ3v) is 5.79. The first kappa shape index (κ1) is 14.3. The zero-order valence-corrected chi connectivity index (χ0v) is 14.4. The molecule has 6 heteroatoms. The van der Waals surface area contributed by atoms with Crippen LogP contribution in [0.1, 0.15) is 29.2 Å². The molecule has 1 aliphatic heterocycles. The fourth-order valence-corrected chi connectivity index (χ4v) is 5.27. The average Bonchev–Trinajstić information content (AvgIpc) is 2.76. The van der Waals surface area contributed by atoms with Gasteiger partial charge in [0.25, 0.3) is 0 Å². The van der Waals surface area contributed by atoms with Crippen molar-refractivity contribution in [3.8, 4) is 0 Å². The Balaban J connectivity index is 1.95. The molecular formula is C14H12Br2N2OS. The number of nitrogens with one attached hydrogen (secondary N) is 1. The van der Waals surface area contributed by atoms with Crippen LogP contribution in [0.2, 0.25) is 0 Å². The minimum absolute atomic E-state index is 0.0825. The minimum atomic E-state index is -0.171. The number of fused-ring (bicyclic) bond motifs is 1. The van der Waals surface area contributed by atoms with Gasteiger partial charge in [-0.2, -0.15) is 0 Å². The molecule has 3 nitrogen and oxygen atoms in total. The standard InChI is InChI=1S/C14H12Br2N2OS/c15-11-6-9(14(16)20-11)13(17)8-1-3-10-7(5-8)2-4-12(19)18-10/h1,3,5-6,13H,2,4,17H2,(H,18,19). The van der Waals surface area contributed by atoms with Crippen LogP contribution in [-0.2, 0) is 11.2 Å². The van der Waals surface area contributed by atoms with Crippen molar-refractivity contribution in [2.45, 2.75) is 18.9 Å². The first-order chi connectivity index (χ1) is 9.54. The molecule has 0 spiro atoms. The van der Waals surface area contributed by atoms with Crippen molar-refractivity contribution in [2.75, 3.05) is 5.32 Å². The predicted molar refractivity (Wildman–Crippen MR) is 89.1 cm³/mol. The molecule has 1 atom stereocenters. The number of benzene rings is 1. The summed E-state index contributed by atoms with van der Waals surface area (Å²) in [6.45, 7) is 0. The molecule has 1 amide bonds. The van der Waals surface area contributed by atoms with E-state index in [9.17, 15) is 4.79 Å². The molecule has 20 heavy (non-hydrogen) atoms. The van der Waals surface area contributed by atoms with E-state index in [0.29, 0.717) is 6.42 Å². The van der Waals surface area contributed by atoms with Crippen molar-refractivity contribution < 1.29 is 4.79 Å². The number of carbonyl (C=O) groups excluding carboxylic acids is 1. The molecule has 1 aromatic carbocycles. The van der Waals surface area contributed by atoms with Gasteiger partial charge in [0.05, 0.1) is 13.6 Å². The van der Waals surface area contributed by atoms with Gasteiger partial charge in [0.15, 0.2) is 0 Å². The van der Waals surface area contributed by atoms with Crippen LogP contribution >= 0.6 is 43.2 Å². The number of thiophene rings is 1. The fraction of sp³-hybridized carbons (Fsp3) is 0.214. The molecule has 0 saturated carbocycles. The lowest BCUT2D eigenvalue weighted by Gasteiger charge is -2.19. The van der Waals surface area contributed by atoms with Crippen molar-refractivity contribution >= 4 is 54.8 Å². The van der Waals surface area contributed by atoms with Gasteiger partial charge in [0.2, 0.25) is 5.91 Å². The third-order valence-electron chi connectivity index (χ3n) is 3.40. The summed E-state index contributed by atoms with van der Waals surface area (Å²) in [5, 5.41) is 2.89. The van der Waals surface area contributed by atoms with Crippen LogP contribution in [0.5, 0.6) is 0 Å². The maximum absolute atomic E-state index is 11.4. The van der Waals surface area contributed by atoms with E-state index in [1.807, 2.05) is 18.2 Å². The van der Waals surface area contributed by atoms with Crippen LogP contribution < -0.4 is 11.1 Å². The molecule has 0 fully saturated rings. The molecule has 2 aromatic rings. The summed E-state index contributed by atoms with van der Waals surface area (Å²) in [5.41, 5.74) is 10.6. The Hall–Kier alpha value is -0.690. The molecule has 3 rings (SSSR count). The second-order valence-electron chi connectivity index (χ2n) is 4.72. The fourth-order valence-electron chi connectivity index (χ4n) is 2.34. The highest BCUT2D eigenvalue weighted by molar-refractivity contribution is 9.12. The first-order valence-electron chi connectivity index (χ1n) is 6.17. The molecular weight excluding hydrogens is 404 g/mol. The maximum Gasteiger partial charge on any atom is 0.224 e. The quantitative estimate of drug-likeness (QED) is 0.771. The average molecular weight is 416 g/mol. The normalized spacial score (nSPS) is 15.7. The summed E-state index contributed by atoms with van der Waals surface area (Å²) in [5.74, 6) is 0.0825. The SMILES string of the molecule is NC(c1ccc2c(c1)CCC(=O)N2)c1cc(Br)sc1Br. The predicted octanol–water partition coefficient (Wildman–Crippen LogP) is 4.21. The van der Waals surface area contributed by atoms with Crippen LogP contribution in [0.3, 0.4) is 0 Å². The topological polar surface area (TPSA) is 55.1 Å². The summed E-state index contributed by atoms with van der Waals surface area (Å²) < 4.78 is 2.10. The van der Waals surface area contributed by atoms with E-state index in [4.69, 9.17) is 5.73 Å². The smallest absolute Gasteiger partial charge is 0.224 e. The highest BCUT2D eigenvalue weighted by Gasteiger charge is 2.19. The molecule has 104 valence electrons. The number of rotatable bonds is 2. The minimum Gasteiger partial charge on any atom is -0.326 e. The Morgan fingerprint density at radius 3 is 2.75 bits per heavy atom. The van der Waals surface area contributed by atoms with E-state index >= 15 is 0 Å². The summed E-state index contributed by atoms with van der Waals surface area (Å²) >= 11 is 8.64. The monoisotopic (exact) mass is 414 g/mol. The Bertz CT molecular complexity index is 684. The number of amides is 1. The van der Waals surface area contributed by atoms with Gasteiger partial charge < -0.3 is 11.1 Å². The number of hydrogen-bond donors (Lipinski definition) is 2. The molecule has 1 aromatic heterocycles. The number of halogens is 2. The second kappa shape index (κ2) is 5.60. The van der Waals surface area contributed by atoms with Crippen molar-refractivity contribution in [3.63, 3.8) is 0 Å². The number of carbonyl (C=O) groups is 1. The van der Waals surface area contributed by atoms with Gasteiger partial charge in [-0.15, -0.1) is 11.3 Å². The zero-order chi connectivity index (χ0) is 14.3. The lowest BCUT2D eigenvalue weighted by molar-refractivity contribution is -0.116. The Morgan fingerprint density at radius 2 is 2.05 bits per heavy atom. The molecule has 3 N–H and O–H groups in total. The summed E-state index contributed by atoms with van der Waals surface area (Å²) in [4.78, 5) is 11.4. The van der Waals surface area contributed by atoms with Gasteiger partial charge in [0, 0.05) is 12.1 Å². The molecule has 1 unspecified atom stereocenters. The number of nitrogens with two attached hydrogens (primary N) is 1. The highest BCUT2D eigenvalue weighted by atomic mass is 79.9. The highest BCUT2D eigenvalue weighted by Crippen LogP contribution is 2.37. The Morgan fingerprint density at radius 1 is 1.25 bits per heavy atom. The molecule has 0 bridgehead atoms. The van der Waals surface area contributed by atoms with Gasteiger partial charge in [-0.3, -0.25) is 4.79 Å². The second-order valence-corrected chi connectivity index (χ2v) is 8.47. The van der Waals surface area contributed by atoms with Crippen LogP contribution in [-0.4, -0.2) is 5.91 Å². The van der Waals surface area contributed by atoms with Gasteiger partial charge in [0.1, 0.15) is 0 Å². The zero-order valence-electron chi connectivity index (χ0n) is 10.5. The van der Waals surface area contributed by atoms with E-state index in [-0.39, 0.29) is 11.9 Å². The van der Waals surface area contributed by atoms with Gasteiger partial charge >= 0.3 is 0 Å². The first-order valence-corrected chi connectivity index (χ1v) is 8.58. The Labute approximate surface area is 137 Å². The van der Waals surface area contributed by atoms with Crippen LogP contribution in [0.15, 0.2) is 31.8 Å². The van der Waals surface area contributed by atoms with E-state index in [1.54, 1.807) is 11.3 Å². The van der Waals surface area contributed by atoms with Crippen LogP contribution in [0.4, 0.5) is 5.69 Å². The van der Waals surface area contributed by atoms with Crippen molar-refractivity contribution in [3.05, 3.63) is 48.5 Å². The van der Waals surface area contributed by atoms with Crippen molar-refractivity contribution in [1.29, 1.82) is 0 Å². The summed E-state index contributed by atoms with van der Waals surface area (Å²) in [6.07, 6.45) is 1.32. The summed E-state index contributed by atoms with van der Waals surface area (Å²) in [7, 11) is 0. The van der Waals surface area contributed by atoms with Crippen LogP contribution in [0.25, 0.3) is 0 Å². The molecule has 1 aliphatic rings. The lowest BCUT2D eigenvalue weighted by atomic mass is 9.95. The van der Waals surface area contributed by atoms with Crippen LogP contribution in [0, 0.1) is 0 Å². The number of anilines is 1. The van der Waals surface area contributed by atoms with E-state index < -0.39 is 0 Å². The van der Waals surface area contributed by atoms with Gasteiger partial charge in [-0.05, 0) is 67.1 Å². The van der Waals surface area contributed by atoms with E-state index in [0.717, 1.165) is 36.4 Å². The molecule has 0 saturated heterocycles. The number of hydrogen-bond acceptors (Lipinski definition) is 3. The van der Waals surface area contributed by atoms with Crippen molar-refractivity contribution in [2.24, 2.45) is 5.73 Å². The van der Waals surface area contributed by atoms with E-state index in [1.165, 1.54) is 0 Å². The van der Waals surface area contributed by atoms with E-state index in [2.05, 4.69) is 43.2 Å². The Kier molecular flexibility index (Phi) is 3.99. The third kappa shape index (κ3) is 2.70. The number of aryl methyl sites for hydroxylation is 1. The van der Waals surface area contributed by atoms with Crippen molar-refractivity contribution in [1.82, 2.24) is 0 Å². The molecule has 0 aliphatic carbocycles. The maximum atomic E-state index is 11.4. The molecule has 2 heterocycles.